The van der Waals surface area contributed by atoms with Crippen molar-refractivity contribution < 1.29 is 4.79 Å². The molecule has 4 heteroatoms. The van der Waals surface area contributed by atoms with Gasteiger partial charge in [0.1, 0.15) is 4.84 Å². The molecule has 4 rings (SSSR count). The Morgan fingerprint density at radius 3 is 2.08 bits per heavy atom. The number of amides is 1. The minimum absolute atomic E-state index is 0.0231. The van der Waals surface area contributed by atoms with Crippen molar-refractivity contribution in [1.82, 2.24) is 0 Å². The van der Waals surface area contributed by atoms with Crippen LogP contribution in [0.15, 0.2) is 0 Å². The van der Waals surface area contributed by atoms with Crippen molar-refractivity contribution in [3.05, 3.63) is 0 Å². The van der Waals surface area contributed by atoms with Gasteiger partial charge in [0.15, 0.2) is 0 Å². The van der Waals surface area contributed by atoms with Gasteiger partial charge in [-0.25, -0.2) is 0 Å². The molecule has 2 N–H and O–H groups in total. The van der Waals surface area contributed by atoms with Crippen molar-refractivity contribution in [2.24, 2.45) is 41.2 Å². The monoisotopic (exact) mass is 205 g/mol. The van der Waals surface area contributed by atoms with Gasteiger partial charge < -0.3 is 5.73 Å². The number of carbonyl (C=O) groups excluding carboxylic acids is 1. The fourth-order valence-electron chi connectivity index (χ4n) is 3.33. The number of hydrogen-bond acceptors (Lipinski definition) is 1. The van der Waals surface area contributed by atoms with Crippen LogP contribution in [0, 0.1) is 35.5 Å². The number of carbonyl (C=O) groups is 1. The average molecular weight is 206 g/mol. The van der Waals surface area contributed by atoms with Crippen LogP contribution >= 0.6 is 23.2 Å². The van der Waals surface area contributed by atoms with Gasteiger partial charge in [-0.15, -0.1) is 23.2 Å². The molecule has 4 aliphatic rings. The summed E-state index contributed by atoms with van der Waals surface area (Å²) >= 11 is 11.6. The minimum atomic E-state index is -0.410. The van der Waals surface area contributed by atoms with E-state index in [9.17, 15) is 4.79 Å². The summed E-state index contributed by atoms with van der Waals surface area (Å²) in [6, 6.07) is 0. The highest BCUT2D eigenvalue weighted by Gasteiger charge is 2.85. The summed E-state index contributed by atoms with van der Waals surface area (Å²) in [5, 5.41) is 0. The van der Waals surface area contributed by atoms with Crippen LogP contribution in [0.25, 0.3) is 0 Å². The number of fused-ring (bicyclic) bond motifs is 1. The first kappa shape index (κ1) is 7.45. The van der Waals surface area contributed by atoms with Gasteiger partial charge in [0.2, 0.25) is 5.91 Å². The molecule has 4 saturated carbocycles. The molecular weight excluding hydrogens is 197 g/mol. The molecule has 4 aliphatic carbocycles. The zero-order valence-electron chi connectivity index (χ0n) is 6.28. The lowest BCUT2D eigenvalue weighted by molar-refractivity contribution is -0.123. The quantitative estimate of drug-likeness (QED) is 0.673. The molecule has 2 nitrogen and oxygen atoms in total. The van der Waals surface area contributed by atoms with Crippen LogP contribution < -0.4 is 5.73 Å². The van der Waals surface area contributed by atoms with E-state index >= 15 is 0 Å². The SMILES string of the molecule is NC(=O)[C@@H]1C2C3C2C3[C@@H]1C(Cl)Cl. The van der Waals surface area contributed by atoms with E-state index in [4.69, 9.17) is 28.9 Å². The molecule has 66 valence electrons. The van der Waals surface area contributed by atoms with Gasteiger partial charge in [-0.1, -0.05) is 0 Å². The average Bonchev–Trinajstić information content (AvgIpc) is 2.76. The number of rotatable bonds is 2. The highest BCUT2D eigenvalue weighted by atomic mass is 35.5. The number of nitrogens with two attached hydrogens (primary N) is 1. The molecule has 0 aromatic rings. The first-order chi connectivity index (χ1) is 5.64. The Hall–Kier alpha value is 0.0500. The molecule has 12 heavy (non-hydrogen) atoms. The van der Waals surface area contributed by atoms with Crippen LogP contribution in [-0.2, 0) is 4.79 Å². The zero-order valence-corrected chi connectivity index (χ0v) is 7.79. The van der Waals surface area contributed by atoms with Crippen molar-refractivity contribution in [3.63, 3.8) is 0 Å². The van der Waals surface area contributed by atoms with Crippen LogP contribution in [0.4, 0.5) is 0 Å². The van der Waals surface area contributed by atoms with E-state index < -0.39 is 4.84 Å². The highest BCUT2D eigenvalue weighted by molar-refractivity contribution is 6.44. The van der Waals surface area contributed by atoms with E-state index in [1.165, 1.54) is 0 Å². The van der Waals surface area contributed by atoms with E-state index in [0.717, 1.165) is 11.8 Å². The Labute approximate surface area is 80.4 Å². The summed E-state index contributed by atoms with van der Waals surface area (Å²) in [6.45, 7) is 0. The van der Waals surface area contributed by atoms with E-state index in [1.54, 1.807) is 0 Å². The van der Waals surface area contributed by atoms with Crippen LogP contribution in [-0.4, -0.2) is 10.7 Å². The van der Waals surface area contributed by atoms with Crippen LogP contribution in [0.5, 0.6) is 0 Å². The maximum atomic E-state index is 11.1. The number of hydrogen-bond donors (Lipinski definition) is 1. The molecule has 4 atom stereocenters. The molecule has 0 saturated heterocycles. The molecule has 0 aromatic carbocycles. The lowest BCUT2D eigenvalue weighted by atomic mass is 9.97. The van der Waals surface area contributed by atoms with Crippen LogP contribution in [0.3, 0.4) is 0 Å². The van der Waals surface area contributed by atoms with Gasteiger partial charge in [0, 0.05) is 11.8 Å². The van der Waals surface area contributed by atoms with Gasteiger partial charge in [0.25, 0.3) is 0 Å². The van der Waals surface area contributed by atoms with Crippen molar-refractivity contribution >= 4 is 29.1 Å². The Morgan fingerprint density at radius 1 is 1.17 bits per heavy atom. The second-order valence-corrected chi connectivity index (χ2v) is 5.31. The Morgan fingerprint density at radius 2 is 1.75 bits per heavy atom. The fourth-order valence-corrected chi connectivity index (χ4v) is 3.98. The molecular formula is C8H9Cl2NO. The van der Waals surface area contributed by atoms with Crippen LogP contribution in [0.2, 0.25) is 0 Å². The Balaban J connectivity index is 1.88. The summed E-state index contributed by atoms with van der Waals surface area (Å²) in [4.78, 5) is 10.7. The predicted octanol–water partition coefficient (Wildman–Crippen LogP) is 1.01. The Kier molecular flexibility index (Phi) is 1.20. The summed E-state index contributed by atoms with van der Waals surface area (Å²) in [5.74, 6) is 2.63. The van der Waals surface area contributed by atoms with Crippen molar-refractivity contribution in [2.75, 3.05) is 0 Å². The number of primary amides is 1. The summed E-state index contributed by atoms with van der Waals surface area (Å²) < 4.78 is 0. The normalized spacial score (nSPS) is 58.6. The molecule has 0 aliphatic heterocycles. The molecule has 0 spiro atoms. The lowest BCUT2D eigenvalue weighted by Crippen LogP contribution is -2.30. The smallest absolute Gasteiger partial charge is 0.221 e. The van der Waals surface area contributed by atoms with Crippen LogP contribution in [0.1, 0.15) is 0 Å². The second kappa shape index (κ2) is 1.93. The lowest BCUT2D eigenvalue weighted by Gasteiger charge is -2.16. The molecule has 2 unspecified atom stereocenters. The van der Waals surface area contributed by atoms with E-state index in [-0.39, 0.29) is 17.7 Å². The maximum absolute atomic E-state index is 11.1. The third kappa shape index (κ3) is 0.633. The third-order valence-corrected chi connectivity index (χ3v) is 4.42. The second-order valence-electron chi connectivity index (χ2n) is 4.15. The van der Waals surface area contributed by atoms with E-state index in [2.05, 4.69) is 0 Å². The summed E-state index contributed by atoms with van der Waals surface area (Å²) in [7, 11) is 0. The number of alkyl halides is 2. The van der Waals surface area contributed by atoms with Gasteiger partial charge in [-0.3, -0.25) is 4.79 Å². The number of halogens is 2. The first-order valence-electron chi connectivity index (χ1n) is 4.22. The predicted molar refractivity (Wildman–Crippen MR) is 45.6 cm³/mol. The summed E-state index contributed by atoms with van der Waals surface area (Å²) in [6.07, 6.45) is 0. The van der Waals surface area contributed by atoms with E-state index in [0.29, 0.717) is 11.8 Å². The van der Waals surface area contributed by atoms with Crippen molar-refractivity contribution in [3.8, 4) is 0 Å². The van der Waals surface area contributed by atoms with E-state index in [1.807, 2.05) is 0 Å². The molecule has 0 heterocycles. The molecule has 4 fully saturated rings. The molecule has 1 amide bonds. The van der Waals surface area contributed by atoms with Gasteiger partial charge in [-0.2, -0.15) is 0 Å². The highest BCUT2D eigenvalue weighted by Crippen LogP contribution is 2.86. The topological polar surface area (TPSA) is 43.1 Å². The zero-order chi connectivity index (χ0) is 8.62. The van der Waals surface area contributed by atoms with Gasteiger partial charge in [-0.05, 0) is 23.7 Å². The third-order valence-electron chi connectivity index (χ3n) is 3.83. The molecule has 0 aromatic heterocycles. The maximum Gasteiger partial charge on any atom is 0.221 e. The molecule has 0 radical (unpaired) electrons. The minimum Gasteiger partial charge on any atom is -0.369 e. The van der Waals surface area contributed by atoms with Gasteiger partial charge in [0.05, 0.1) is 0 Å². The van der Waals surface area contributed by atoms with Crippen molar-refractivity contribution in [2.45, 2.75) is 4.84 Å². The first-order valence-corrected chi connectivity index (χ1v) is 5.09. The standard InChI is InChI=1S/C8H9Cl2NO/c9-7(10)5-3-1-2(3)4(1)6(5)8(11)12/h1-7H,(H2,11,12)/t1?,2?,3?,4?,5-,6+/m0/s1. The fraction of sp³-hybridized carbons (Fsp3) is 0.875. The summed E-state index contributed by atoms with van der Waals surface area (Å²) in [5.41, 5.74) is 5.30. The van der Waals surface area contributed by atoms with Crippen molar-refractivity contribution in [1.29, 1.82) is 0 Å². The molecule has 2 bridgehead atoms. The largest absolute Gasteiger partial charge is 0.369 e. The Bertz CT molecular complexity index is 258. The van der Waals surface area contributed by atoms with Gasteiger partial charge >= 0.3 is 0 Å².